The second kappa shape index (κ2) is 10.7. The van der Waals surface area contributed by atoms with Gasteiger partial charge in [0.1, 0.15) is 0 Å². The van der Waals surface area contributed by atoms with Crippen molar-refractivity contribution < 1.29 is 63.0 Å². The van der Waals surface area contributed by atoms with Gasteiger partial charge in [-0.25, -0.2) is 0 Å². The fourth-order valence-corrected chi connectivity index (χ4v) is 1.33. The Labute approximate surface area is 137 Å². The topological polar surface area (TPSA) is 23.6 Å². The van der Waals surface area contributed by atoms with E-state index in [9.17, 15) is 4.79 Å². The third-order valence-electron chi connectivity index (χ3n) is 2.17. The number of carbonyl (C=O) groups excluding carboxylic acids is 1. The summed E-state index contributed by atoms with van der Waals surface area (Å²) in [5.41, 5.74) is 0. The van der Waals surface area contributed by atoms with Gasteiger partial charge in [0.2, 0.25) is 0 Å². The summed E-state index contributed by atoms with van der Waals surface area (Å²) < 4.78 is 0. The summed E-state index contributed by atoms with van der Waals surface area (Å²) in [7, 11) is 0. The van der Waals surface area contributed by atoms with Gasteiger partial charge in [-0.15, -0.1) is 0 Å². The number of rotatable bonds is 2. The van der Waals surface area contributed by atoms with E-state index in [-0.39, 0.29) is 58.2 Å². The predicted octanol–water partition coefficient (Wildman–Crippen LogP) is -1.89. The molecule has 78 valence electrons. The normalized spacial score (nSPS) is 16.8. The molecule has 1 aliphatic rings. The van der Waals surface area contributed by atoms with E-state index < -0.39 is 0 Å². The van der Waals surface area contributed by atoms with E-state index in [1.807, 2.05) is 20.3 Å². The average Bonchev–Trinajstić information content (AvgIpc) is 2.21. The van der Waals surface area contributed by atoms with Crippen molar-refractivity contribution in [3.63, 3.8) is 0 Å². The summed E-state index contributed by atoms with van der Waals surface area (Å²) in [6, 6.07) is 0.601. The maximum atomic E-state index is 10.2. The molecule has 1 amide bonds. The SMILES string of the molecule is CC.CC(C)N1CCN([C-]=O)CC1.[Rb+]. The van der Waals surface area contributed by atoms with Crippen LogP contribution < -0.4 is 58.2 Å². The first-order valence-corrected chi connectivity index (χ1v) is 5.11. The van der Waals surface area contributed by atoms with E-state index in [0.717, 1.165) is 26.2 Å². The van der Waals surface area contributed by atoms with E-state index in [1.54, 1.807) is 4.90 Å². The number of hydrogen-bond donors (Lipinski definition) is 0. The van der Waals surface area contributed by atoms with Crippen LogP contribution >= 0.6 is 0 Å². The number of nitrogens with zero attached hydrogens (tertiary/aromatic N) is 2. The van der Waals surface area contributed by atoms with Crippen molar-refractivity contribution in [1.82, 2.24) is 9.80 Å². The van der Waals surface area contributed by atoms with Crippen molar-refractivity contribution in [2.24, 2.45) is 0 Å². The number of piperazine rings is 1. The molecule has 0 aromatic heterocycles. The Morgan fingerprint density at radius 1 is 1.07 bits per heavy atom. The molecule has 0 aliphatic carbocycles. The number of amides is 1. The largest absolute Gasteiger partial charge is 1.00 e. The monoisotopic (exact) mass is 270 g/mol. The van der Waals surface area contributed by atoms with Gasteiger partial charge in [-0.05, 0) is 13.8 Å². The summed E-state index contributed by atoms with van der Waals surface area (Å²) in [6.45, 7) is 12.0. The molecule has 3 nitrogen and oxygen atoms in total. The third-order valence-corrected chi connectivity index (χ3v) is 2.17. The van der Waals surface area contributed by atoms with Gasteiger partial charge in [0.25, 0.3) is 0 Å². The molecular formula is C10H21N2ORb. The fourth-order valence-electron chi connectivity index (χ4n) is 1.33. The van der Waals surface area contributed by atoms with Crippen LogP contribution in [0, 0.1) is 0 Å². The van der Waals surface area contributed by atoms with Gasteiger partial charge >= 0.3 is 58.2 Å². The predicted molar refractivity (Wildman–Crippen MR) is 55.3 cm³/mol. The zero-order valence-electron chi connectivity index (χ0n) is 10.2. The molecule has 1 fully saturated rings. The Balaban J connectivity index is 0. The minimum Gasteiger partial charge on any atom is -0.520 e. The maximum absolute atomic E-state index is 10.2. The van der Waals surface area contributed by atoms with Crippen LogP contribution in [-0.4, -0.2) is 48.4 Å². The molecule has 14 heavy (non-hydrogen) atoms. The van der Waals surface area contributed by atoms with Crippen LogP contribution in [0.25, 0.3) is 0 Å². The molecule has 1 heterocycles. The average molecular weight is 271 g/mol. The standard InChI is InChI=1S/C8H15N2O.C2H6.Rb/c1-8(2)10-5-3-9(7-11)4-6-10;1-2;/h8H,3-6H2,1-2H3;1-2H3;/q-1;;+1. The van der Waals surface area contributed by atoms with Gasteiger partial charge in [0.15, 0.2) is 0 Å². The second-order valence-corrected chi connectivity index (χ2v) is 3.21. The molecule has 0 atom stereocenters. The Hall–Kier alpha value is 1.24. The molecule has 0 radical (unpaired) electrons. The van der Waals surface area contributed by atoms with Crippen molar-refractivity contribution in [2.75, 3.05) is 26.2 Å². The zero-order valence-corrected chi connectivity index (χ0v) is 15.1. The quantitative estimate of drug-likeness (QED) is 0.548. The van der Waals surface area contributed by atoms with Crippen molar-refractivity contribution in [3.8, 4) is 0 Å². The summed E-state index contributed by atoms with van der Waals surface area (Å²) in [4.78, 5) is 14.3. The Bertz CT molecular complexity index is 134. The molecule has 4 heteroatoms. The van der Waals surface area contributed by atoms with E-state index in [2.05, 4.69) is 18.7 Å². The van der Waals surface area contributed by atoms with Gasteiger partial charge in [-0.3, -0.25) is 4.90 Å². The molecule has 0 unspecified atom stereocenters. The van der Waals surface area contributed by atoms with Crippen LogP contribution in [0.1, 0.15) is 27.7 Å². The zero-order chi connectivity index (χ0) is 10.3. The van der Waals surface area contributed by atoms with Gasteiger partial charge < -0.3 is 9.69 Å². The Morgan fingerprint density at radius 2 is 1.50 bits per heavy atom. The maximum Gasteiger partial charge on any atom is 1.00 e. The van der Waals surface area contributed by atoms with Gasteiger partial charge in [-0.2, -0.15) is 6.41 Å². The van der Waals surface area contributed by atoms with Crippen LogP contribution in [0.15, 0.2) is 0 Å². The smallest absolute Gasteiger partial charge is 0.520 e. The molecule has 0 spiro atoms. The molecule has 0 aromatic carbocycles. The molecule has 0 N–H and O–H groups in total. The third kappa shape index (κ3) is 6.67. The molecule has 0 aromatic rings. The second-order valence-electron chi connectivity index (χ2n) is 3.21. The number of hydrogen-bond acceptors (Lipinski definition) is 2. The van der Waals surface area contributed by atoms with Gasteiger partial charge in [0, 0.05) is 32.2 Å². The minimum atomic E-state index is 0. The van der Waals surface area contributed by atoms with Crippen LogP contribution in [0.4, 0.5) is 0 Å². The first-order chi connectivity index (χ1) is 6.24. The molecule has 0 saturated carbocycles. The minimum absolute atomic E-state index is 0. The van der Waals surface area contributed by atoms with Gasteiger partial charge in [0.05, 0.1) is 0 Å². The molecule has 1 aliphatic heterocycles. The summed E-state index contributed by atoms with van der Waals surface area (Å²) in [6.07, 6.45) is 1.92. The molecular weight excluding hydrogens is 250 g/mol. The van der Waals surface area contributed by atoms with Crippen molar-refractivity contribution in [2.45, 2.75) is 33.7 Å². The fraction of sp³-hybridized carbons (Fsp3) is 0.900. The van der Waals surface area contributed by atoms with Crippen LogP contribution in [0.2, 0.25) is 0 Å². The molecule has 0 bridgehead atoms. The molecule has 1 saturated heterocycles. The summed E-state index contributed by atoms with van der Waals surface area (Å²) in [5, 5.41) is 0. The van der Waals surface area contributed by atoms with Gasteiger partial charge in [-0.1, -0.05) is 13.8 Å². The van der Waals surface area contributed by atoms with Crippen LogP contribution in [-0.2, 0) is 4.79 Å². The first-order valence-electron chi connectivity index (χ1n) is 5.11. The summed E-state index contributed by atoms with van der Waals surface area (Å²) >= 11 is 0. The summed E-state index contributed by atoms with van der Waals surface area (Å²) in [5.74, 6) is 0. The first kappa shape index (κ1) is 17.6. The van der Waals surface area contributed by atoms with Crippen molar-refractivity contribution >= 4 is 6.41 Å². The Kier molecular flexibility index (Phi) is 13.5. The van der Waals surface area contributed by atoms with E-state index in [4.69, 9.17) is 0 Å². The van der Waals surface area contributed by atoms with E-state index in [1.165, 1.54) is 0 Å². The van der Waals surface area contributed by atoms with E-state index >= 15 is 0 Å². The van der Waals surface area contributed by atoms with Crippen LogP contribution in [0.5, 0.6) is 0 Å². The van der Waals surface area contributed by atoms with Crippen molar-refractivity contribution in [1.29, 1.82) is 0 Å². The molecule has 1 rings (SSSR count). The van der Waals surface area contributed by atoms with Crippen molar-refractivity contribution in [3.05, 3.63) is 0 Å². The Morgan fingerprint density at radius 3 is 1.79 bits per heavy atom. The van der Waals surface area contributed by atoms with E-state index in [0.29, 0.717) is 6.04 Å². The van der Waals surface area contributed by atoms with Crippen LogP contribution in [0.3, 0.4) is 0 Å².